The molecule has 0 atom stereocenters. The molecule has 0 saturated heterocycles. The van der Waals surface area contributed by atoms with Gasteiger partial charge in [-0.3, -0.25) is 4.79 Å². The lowest BCUT2D eigenvalue weighted by Crippen LogP contribution is -2.34. The molecule has 0 saturated carbocycles. The van der Waals surface area contributed by atoms with E-state index in [1.165, 1.54) is 19.3 Å². The fourth-order valence-corrected chi connectivity index (χ4v) is 1.35. The largest absolute Gasteiger partial charge is 0.384 e. The van der Waals surface area contributed by atoms with Gasteiger partial charge in [-0.15, -0.1) is 12.4 Å². The highest BCUT2D eigenvalue weighted by atomic mass is 35.5. The number of halogens is 1. The van der Waals surface area contributed by atoms with Crippen molar-refractivity contribution < 1.29 is 13.2 Å². The molecule has 1 rings (SSSR count). The second-order valence-electron chi connectivity index (χ2n) is 3.54. The third kappa shape index (κ3) is 5.30. The van der Waals surface area contributed by atoms with Gasteiger partial charge >= 0.3 is 0 Å². The SMILES string of the molecule is CN(CC(=O)Nc1ccc(N)nc1)S(C)(=O)=O.Cl. The molecule has 102 valence electrons. The van der Waals surface area contributed by atoms with E-state index in [4.69, 9.17) is 5.73 Å². The van der Waals surface area contributed by atoms with Gasteiger partial charge in [-0.2, -0.15) is 4.31 Å². The van der Waals surface area contributed by atoms with E-state index < -0.39 is 15.9 Å². The van der Waals surface area contributed by atoms with E-state index in [1.807, 2.05) is 0 Å². The third-order valence-electron chi connectivity index (χ3n) is 2.00. The van der Waals surface area contributed by atoms with E-state index in [0.29, 0.717) is 11.5 Å². The van der Waals surface area contributed by atoms with Crippen LogP contribution in [0.2, 0.25) is 0 Å². The van der Waals surface area contributed by atoms with Crippen LogP contribution in [0, 0.1) is 0 Å². The Morgan fingerprint density at radius 3 is 2.56 bits per heavy atom. The van der Waals surface area contributed by atoms with Crippen LogP contribution in [0.3, 0.4) is 0 Å². The molecule has 0 aliphatic carbocycles. The van der Waals surface area contributed by atoms with Gasteiger partial charge in [0.25, 0.3) is 0 Å². The number of amides is 1. The number of anilines is 2. The van der Waals surface area contributed by atoms with Crippen LogP contribution >= 0.6 is 12.4 Å². The quantitative estimate of drug-likeness (QED) is 0.808. The van der Waals surface area contributed by atoms with Crippen molar-refractivity contribution in [3.05, 3.63) is 18.3 Å². The highest BCUT2D eigenvalue weighted by Crippen LogP contribution is 2.06. The molecule has 3 N–H and O–H groups in total. The van der Waals surface area contributed by atoms with Crippen molar-refractivity contribution in [2.45, 2.75) is 0 Å². The Balaban J connectivity index is 0.00000289. The van der Waals surface area contributed by atoms with E-state index in [2.05, 4.69) is 10.3 Å². The van der Waals surface area contributed by atoms with Crippen LogP contribution in [0.25, 0.3) is 0 Å². The molecule has 0 aromatic carbocycles. The Morgan fingerprint density at radius 1 is 1.50 bits per heavy atom. The van der Waals surface area contributed by atoms with Crippen LogP contribution in [0.15, 0.2) is 18.3 Å². The smallest absolute Gasteiger partial charge is 0.239 e. The number of nitrogens with one attached hydrogen (secondary N) is 1. The van der Waals surface area contributed by atoms with E-state index in [9.17, 15) is 13.2 Å². The van der Waals surface area contributed by atoms with Crippen molar-refractivity contribution >= 4 is 39.8 Å². The first-order valence-electron chi connectivity index (χ1n) is 4.72. The van der Waals surface area contributed by atoms with E-state index in [-0.39, 0.29) is 19.0 Å². The molecule has 1 amide bonds. The molecular formula is C9H15ClN4O3S. The van der Waals surface area contributed by atoms with E-state index >= 15 is 0 Å². The van der Waals surface area contributed by atoms with Gasteiger partial charge < -0.3 is 11.1 Å². The van der Waals surface area contributed by atoms with Gasteiger partial charge in [-0.25, -0.2) is 13.4 Å². The molecule has 1 aromatic heterocycles. The first-order chi connectivity index (χ1) is 7.79. The number of likely N-dealkylation sites (N-methyl/N-ethyl adjacent to an activating group) is 1. The van der Waals surface area contributed by atoms with Gasteiger partial charge in [0.15, 0.2) is 0 Å². The fraction of sp³-hybridized carbons (Fsp3) is 0.333. The number of nitrogens with two attached hydrogens (primary N) is 1. The van der Waals surface area contributed by atoms with Crippen LogP contribution < -0.4 is 11.1 Å². The maximum absolute atomic E-state index is 11.5. The van der Waals surface area contributed by atoms with Gasteiger partial charge in [0.1, 0.15) is 5.82 Å². The number of nitrogen functional groups attached to an aromatic ring is 1. The maximum Gasteiger partial charge on any atom is 0.239 e. The molecule has 1 heterocycles. The van der Waals surface area contributed by atoms with Crippen LogP contribution in [0.1, 0.15) is 0 Å². The minimum atomic E-state index is -3.36. The average Bonchev–Trinajstić information content (AvgIpc) is 2.20. The highest BCUT2D eigenvalue weighted by molar-refractivity contribution is 7.88. The van der Waals surface area contributed by atoms with Crippen molar-refractivity contribution in [2.24, 2.45) is 0 Å². The normalized spacial score (nSPS) is 10.8. The molecule has 0 unspecified atom stereocenters. The van der Waals surface area contributed by atoms with Gasteiger partial charge in [0.05, 0.1) is 24.7 Å². The fourth-order valence-electron chi connectivity index (χ4n) is 0.999. The molecular weight excluding hydrogens is 280 g/mol. The van der Waals surface area contributed by atoms with Crippen molar-refractivity contribution in [3.63, 3.8) is 0 Å². The zero-order chi connectivity index (χ0) is 13.1. The number of aromatic nitrogens is 1. The predicted octanol–water partition coefficient (Wildman–Crippen LogP) is -0.0845. The number of hydrogen-bond donors (Lipinski definition) is 2. The summed E-state index contributed by atoms with van der Waals surface area (Å²) in [5, 5.41) is 2.51. The number of pyridine rings is 1. The molecule has 0 bridgehead atoms. The summed E-state index contributed by atoms with van der Waals surface area (Å²) in [5.41, 5.74) is 5.85. The van der Waals surface area contributed by atoms with Crippen molar-refractivity contribution in [1.29, 1.82) is 0 Å². The second-order valence-corrected chi connectivity index (χ2v) is 5.63. The summed E-state index contributed by atoms with van der Waals surface area (Å²) in [6.45, 7) is -0.247. The van der Waals surface area contributed by atoms with Crippen LogP contribution in [0.4, 0.5) is 11.5 Å². The summed E-state index contributed by atoms with van der Waals surface area (Å²) < 4.78 is 23.1. The van der Waals surface area contributed by atoms with Crippen molar-refractivity contribution in [3.8, 4) is 0 Å². The lowest BCUT2D eigenvalue weighted by molar-refractivity contribution is -0.116. The lowest BCUT2D eigenvalue weighted by atomic mass is 10.4. The minimum absolute atomic E-state index is 0. The summed E-state index contributed by atoms with van der Waals surface area (Å²) in [6, 6.07) is 3.12. The predicted molar refractivity (Wildman–Crippen MR) is 72.0 cm³/mol. The van der Waals surface area contributed by atoms with Gasteiger partial charge in [-0.05, 0) is 12.1 Å². The number of sulfonamides is 1. The Hall–Kier alpha value is -1.38. The molecule has 0 radical (unpaired) electrons. The van der Waals surface area contributed by atoms with E-state index in [0.717, 1.165) is 10.6 Å². The number of carbonyl (C=O) groups excluding carboxylic acids is 1. The van der Waals surface area contributed by atoms with Crippen molar-refractivity contribution in [2.75, 3.05) is 30.9 Å². The summed E-state index contributed by atoms with van der Waals surface area (Å²) in [6.07, 6.45) is 2.43. The van der Waals surface area contributed by atoms with Crippen molar-refractivity contribution in [1.82, 2.24) is 9.29 Å². The molecule has 0 fully saturated rings. The maximum atomic E-state index is 11.5. The van der Waals surface area contributed by atoms with Gasteiger partial charge in [-0.1, -0.05) is 0 Å². The zero-order valence-corrected chi connectivity index (χ0v) is 11.6. The molecule has 18 heavy (non-hydrogen) atoms. The lowest BCUT2D eigenvalue weighted by Gasteiger charge is -2.13. The molecule has 0 spiro atoms. The zero-order valence-electron chi connectivity index (χ0n) is 9.95. The molecule has 0 aliphatic heterocycles. The van der Waals surface area contributed by atoms with Crippen LogP contribution in [-0.4, -0.2) is 43.5 Å². The minimum Gasteiger partial charge on any atom is -0.384 e. The molecule has 0 aliphatic rings. The summed E-state index contributed by atoms with van der Waals surface area (Å²) in [5.74, 6) is -0.0965. The Bertz CT molecular complexity index is 503. The number of carbonyl (C=O) groups is 1. The Labute approximate surface area is 112 Å². The molecule has 7 nitrogen and oxygen atoms in total. The highest BCUT2D eigenvalue weighted by Gasteiger charge is 2.14. The number of hydrogen-bond acceptors (Lipinski definition) is 5. The van der Waals surface area contributed by atoms with Crippen LogP contribution in [0.5, 0.6) is 0 Å². The van der Waals surface area contributed by atoms with Gasteiger partial charge in [0.2, 0.25) is 15.9 Å². The molecule has 1 aromatic rings. The topological polar surface area (TPSA) is 105 Å². The number of rotatable bonds is 4. The standard InChI is InChI=1S/C9H14N4O3S.ClH/c1-13(17(2,15)16)6-9(14)12-7-3-4-8(10)11-5-7;/h3-5H,6H2,1-2H3,(H2,10,11)(H,12,14);1H. The summed E-state index contributed by atoms with van der Waals surface area (Å²) in [4.78, 5) is 15.3. The average molecular weight is 295 g/mol. The number of nitrogens with zero attached hydrogens (tertiary/aromatic N) is 2. The second kappa shape index (κ2) is 6.53. The third-order valence-corrected chi connectivity index (χ3v) is 3.26. The first-order valence-corrected chi connectivity index (χ1v) is 6.56. The van der Waals surface area contributed by atoms with Crippen LogP contribution in [-0.2, 0) is 14.8 Å². The van der Waals surface area contributed by atoms with E-state index in [1.54, 1.807) is 6.07 Å². The first kappa shape index (κ1) is 16.6. The Kier molecular flexibility index (Phi) is 6.02. The summed E-state index contributed by atoms with van der Waals surface area (Å²) >= 11 is 0. The summed E-state index contributed by atoms with van der Waals surface area (Å²) in [7, 11) is -2.03. The molecule has 9 heteroatoms. The monoisotopic (exact) mass is 294 g/mol. The Morgan fingerprint density at radius 2 is 2.11 bits per heavy atom. The van der Waals surface area contributed by atoms with Gasteiger partial charge in [0, 0.05) is 7.05 Å².